The molecule has 1 amide bonds. The minimum absolute atomic E-state index is 0.204. The van der Waals surface area contributed by atoms with Crippen molar-refractivity contribution in [2.24, 2.45) is 0 Å². The summed E-state index contributed by atoms with van der Waals surface area (Å²) in [4.78, 5) is 26.3. The van der Waals surface area contributed by atoms with E-state index in [1.165, 1.54) is 12.8 Å². The molecule has 2 aromatic heterocycles. The number of carbonyl (C=O) groups excluding carboxylic acids is 1. The zero-order valence-electron chi connectivity index (χ0n) is 16.1. The molecule has 0 N–H and O–H groups in total. The highest BCUT2D eigenvalue weighted by Crippen LogP contribution is 2.36. The molecule has 0 unspecified atom stereocenters. The third-order valence-corrected chi connectivity index (χ3v) is 6.89. The second-order valence-corrected chi connectivity index (χ2v) is 8.98. The van der Waals surface area contributed by atoms with Crippen LogP contribution in [0, 0.1) is 0 Å². The molecule has 28 heavy (non-hydrogen) atoms. The van der Waals surface area contributed by atoms with Gasteiger partial charge >= 0.3 is 0 Å². The lowest BCUT2D eigenvalue weighted by molar-refractivity contribution is -0.136. The fourth-order valence-electron chi connectivity index (χ4n) is 4.41. The van der Waals surface area contributed by atoms with Gasteiger partial charge in [-0.25, -0.2) is 9.97 Å². The number of piperidine rings is 1. The molecule has 8 heteroatoms. The van der Waals surface area contributed by atoms with Crippen molar-refractivity contribution in [3.8, 4) is 0 Å². The van der Waals surface area contributed by atoms with Crippen LogP contribution in [0.2, 0.25) is 0 Å². The largest absolute Gasteiger partial charge is 0.373 e. The van der Waals surface area contributed by atoms with E-state index in [9.17, 15) is 4.79 Å². The van der Waals surface area contributed by atoms with Gasteiger partial charge in [-0.05, 0) is 25.7 Å². The van der Waals surface area contributed by atoms with Crippen molar-refractivity contribution in [1.82, 2.24) is 24.3 Å². The predicted octanol–water partition coefficient (Wildman–Crippen LogP) is 2.46. The highest BCUT2D eigenvalue weighted by atomic mass is 32.1. The molecule has 0 aromatic carbocycles. The Hall–Kier alpha value is -1.77. The van der Waals surface area contributed by atoms with E-state index in [0.29, 0.717) is 32.2 Å². The molecule has 4 heterocycles. The molecular weight excluding hydrogens is 374 g/mol. The molecule has 2 saturated heterocycles. The van der Waals surface area contributed by atoms with Crippen molar-refractivity contribution in [3.63, 3.8) is 0 Å². The summed E-state index contributed by atoms with van der Waals surface area (Å²) in [6, 6.07) is 0.587. The average molecular weight is 402 g/mol. The van der Waals surface area contributed by atoms with Crippen LogP contribution in [0.3, 0.4) is 0 Å². The van der Waals surface area contributed by atoms with E-state index in [0.717, 1.165) is 44.0 Å². The Labute approximate surface area is 169 Å². The zero-order valence-corrected chi connectivity index (χ0v) is 16.9. The Balaban J connectivity index is 1.20. The maximum Gasteiger partial charge on any atom is 0.225 e. The molecule has 1 spiro atoms. The van der Waals surface area contributed by atoms with Gasteiger partial charge in [-0.3, -0.25) is 9.69 Å². The van der Waals surface area contributed by atoms with Gasteiger partial charge in [0.1, 0.15) is 5.82 Å². The molecule has 5 rings (SSSR count). The molecule has 0 bridgehead atoms. The predicted molar refractivity (Wildman–Crippen MR) is 106 cm³/mol. The van der Waals surface area contributed by atoms with E-state index < -0.39 is 0 Å². The first kappa shape index (κ1) is 18.3. The summed E-state index contributed by atoms with van der Waals surface area (Å²) in [5.41, 5.74) is 2.73. The summed E-state index contributed by atoms with van der Waals surface area (Å²) in [7, 11) is 0. The normalized spacial score (nSPS) is 23.3. The van der Waals surface area contributed by atoms with Crippen molar-refractivity contribution in [2.45, 2.75) is 56.8 Å². The molecule has 2 aliphatic heterocycles. The van der Waals surface area contributed by atoms with Crippen molar-refractivity contribution in [2.75, 3.05) is 26.2 Å². The molecule has 1 aliphatic carbocycles. The summed E-state index contributed by atoms with van der Waals surface area (Å²) in [5, 5.41) is 2.11. The maximum absolute atomic E-state index is 13.0. The SMILES string of the molecule is O=C1CC2(CCN(Cc3cscn3)CC2)OCCN1Cc1nccn1C1CC1. The number of hydrogen-bond donors (Lipinski definition) is 0. The fourth-order valence-corrected chi connectivity index (χ4v) is 4.96. The fraction of sp³-hybridized carbons (Fsp3) is 0.650. The van der Waals surface area contributed by atoms with Gasteiger partial charge in [0.25, 0.3) is 0 Å². The summed E-state index contributed by atoms with van der Waals surface area (Å²) in [6.45, 7) is 4.66. The molecule has 2 aromatic rings. The smallest absolute Gasteiger partial charge is 0.225 e. The summed E-state index contributed by atoms with van der Waals surface area (Å²) >= 11 is 1.64. The Morgan fingerprint density at radius 2 is 2.04 bits per heavy atom. The second-order valence-electron chi connectivity index (χ2n) is 8.26. The average Bonchev–Trinajstić information content (AvgIpc) is 3.25. The van der Waals surface area contributed by atoms with Gasteiger partial charge in [-0.15, -0.1) is 11.3 Å². The number of thiazole rings is 1. The lowest BCUT2D eigenvalue weighted by Gasteiger charge is -2.40. The van der Waals surface area contributed by atoms with Crippen molar-refractivity contribution >= 4 is 17.2 Å². The number of carbonyl (C=O) groups is 1. The van der Waals surface area contributed by atoms with Crippen molar-refractivity contribution < 1.29 is 9.53 Å². The first-order valence-corrected chi connectivity index (χ1v) is 11.2. The topological polar surface area (TPSA) is 63.5 Å². The van der Waals surface area contributed by atoms with Crippen LogP contribution in [0.5, 0.6) is 0 Å². The Bertz CT molecular complexity index is 808. The summed E-state index contributed by atoms with van der Waals surface area (Å²) in [6.07, 6.45) is 8.65. The van der Waals surface area contributed by atoms with Gasteiger partial charge in [0.15, 0.2) is 0 Å². The quantitative estimate of drug-likeness (QED) is 0.770. The second kappa shape index (κ2) is 7.57. The van der Waals surface area contributed by atoms with Crippen LogP contribution in [-0.2, 0) is 22.6 Å². The minimum atomic E-state index is -0.295. The third-order valence-electron chi connectivity index (χ3n) is 6.25. The van der Waals surface area contributed by atoms with Crippen LogP contribution < -0.4 is 0 Å². The summed E-state index contributed by atoms with van der Waals surface area (Å²) < 4.78 is 8.54. The molecular formula is C20H27N5O2S. The van der Waals surface area contributed by atoms with E-state index in [1.807, 2.05) is 22.8 Å². The van der Waals surface area contributed by atoms with Crippen LogP contribution in [0.1, 0.15) is 49.7 Å². The monoisotopic (exact) mass is 401 g/mol. The third kappa shape index (κ3) is 3.86. The number of likely N-dealkylation sites (tertiary alicyclic amines) is 1. The Morgan fingerprint density at radius 1 is 1.18 bits per heavy atom. The highest BCUT2D eigenvalue weighted by molar-refractivity contribution is 7.07. The lowest BCUT2D eigenvalue weighted by Crippen LogP contribution is -2.47. The van der Waals surface area contributed by atoms with Crippen molar-refractivity contribution in [3.05, 3.63) is 34.8 Å². The number of rotatable bonds is 5. The molecule has 0 atom stereocenters. The van der Waals surface area contributed by atoms with E-state index >= 15 is 0 Å². The van der Waals surface area contributed by atoms with Gasteiger partial charge in [0.05, 0.1) is 36.4 Å². The maximum atomic E-state index is 13.0. The zero-order chi connectivity index (χ0) is 19.0. The standard InChI is InChI=1S/C20H27N5O2S/c26-19-11-20(3-6-23(7-4-20)12-16-14-28-15-22-16)27-10-9-24(19)13-18-21-5-8-25(18)17-1-2-17/h5,8,14-15,17H,1-4,6-7,9-13H2. The van der Waals surface area contributed by atoms with E-state index in [-0.39, 0.29) is 11.5 Å². The molecule has 0 radical (unpaired) electrons. The van der Waals surface area contributed by atoms with Gasteiger partial charge in [-0.2, -0.15) is 0 Å². The lowest BCUT2D eigenvalue weighted by atomic mass is 9.87. The number of imidazole rings is 1. The number of nitrogens with zero attached hydrogens (tertiary/aromatic N) is 5. The molecule has 3 fully saturated rings. The Morgan fingerprint density at radius 3 is 2.79 bits per heavy atom. The number of aromatic nitrogens is 3. The van der Waals surface area contributed by atoms with Gasteiger partial charge < -0.3 is 14.2 Å². The number of ether oxygens (including phenoxy) is 1. The van der Waals surface area contributed by atoms with Crippen LogP contribution in [0.15, 0.2) is 23.3 Å². The summed E-state index contributed by atoms with van der Waals surface area (Å²) in [5.74, 6) is 1.21. The van der Waals surface area contributed by atoms with Crippen molar-refractivity contribution in [1.29, 1.82) is 0 Å². The van der Waals surface area contributed by atoms with E-state index in [2.05, 4.69) is 24.8 Å². The number of hydrogen-bond acceptors (Lipinski definition) is 6. The number of amides is 1. The first-order valence-electron chi connectivity index (χ1n) is 10.2. The van der Waals surface area contributed by atoms with Gasteiger partial charge in [0, 0.05) is 50.0 Å². The van der Waals surface area contributed by atoms with E-state index in [1.54, 1.807) is 11.3 Å². The highest BCUT2D eigenvalue weighted by Gasteiger charge is 2.41. The van der Waals surface area contributed by atoms with E-state index in [4.69, 9.17) is 4.74 Å². The van der Waals surface area contributed by atoms with Crippen LogP contribution in [-0.4, -0.2) is 62.1 Å². The molecule has 150 valence electrons. The van der Waals surface area contributed by atoms with Crippen LogP contribution in [0.4, 0.5) is 0 Å². The minimum Gasteiger partial charge on any atom is -0.373 e. The van der Waals surface area contributed by atoms with Crippen LogP contribution in [0.25, 0.3) is 0 Å². The van der Waals surface area contributed by atoms with Gasteiger partial charge in [-0.1, -0.05) is 0 Å². The Kier molecular flexibility index (Phi) is 4.94. The van der Waals surface area contributed by atoms with Gasteiger partial charge in [0.2, 0.25) is 5.91 Å². The molecule has 7 nitrogen and oxygen atoms in total. The molecule has 1 saturated carbocycles. The molecule has 3 aliphatic rings. The van der Waals surface area contributed by atoms with Crippen LogP contribution >= 0.6 is 11.3 Å². The first-order chi connectivity index (χ1) is 13.7.